The van der Waals surface area contributed by atoms with Gasteiger partial charge in [-0.3, -0.25) is 4.79 Å². The zero-order chi connectivity index (χ0) is 14.0. The van der Waals surface area contributed by atoms with Crippen LogP contribution in [-0.2, 0) is 9.53 Å². The highest BCUT2D eigenvalue weighted by atomic mass is 16.5. The monoisotopic (exact) mass is 270 g/mol. The molecule has 2 saturated heterocycles. The van der Waals surface area contributed by atoms with Crippen LogP contribution in [-0.4, -0.2) is 86.2 Å². The molecule has 7 nitrogen and oxygen atoms in total. The van der Waals surface area contributed by atoms with Crippen LogP contribution < -0.4 is 5.73 Å². The number of urea groups is 1. The Morgan fingerprint density at radius 3 is 2.16 bits per heavy atom. The van der Waals surface area contributed by atoms with Crippen LogP contribution in [0.25, 0.3) is 0 Å². The first-order valence-electron chi connectivity index (χ1n) is 6.59. The normalized spacial score (nSPS) is 27.5. The maximum atomic E-state index is 12.3. The van der Waals surface area contributed by atoms with Crippen LogP contribution in [0, 0.1) is 5.92 Å². The highest BCUT2D eigenvalue weighted by molar-refractivity contribution is 5.80. The molecule has 2 fully saturated rings. The van der Waals surface area contributed by atoms with Gasteiger partial charge in [0, 0.05) is 46.3 Å². The van der Waals surface area contributed by atoms with E-state index in [1.807, 2.05) is 0 Å². The summed E-state index contributed by atoms with van der Waals surface area (Å²) in [4.78, 5) is 29.2. The van der Waals surface area contributed by atoms with Crippen molar-refractivity contribution in [1.82, 2.24) is 14.7 Å². The zero-order valence-electron chi connectivity index (χ0n) is 11.5. The van der Waals surface area contributed by atoms with Crippen LogP contribution in [0.1, 0.15) is 0 Å². The van der Waals surface area contributed by atoms with Crippen LogP contribution in [0.5, 0.6) is 0 Å². The number of hydrogen-bond acceptors (Lipinski definition) is 4. The van der Waals surface area contributed by atoms with Crippen LogP contribution in [0.4, 0.5) is 4.79 Å². The minimum atomic E-state index is -0.226. The van der Waals surface area contributed by atoms with Gasteiger partial charge < -0.3 is 25.2 Å². The Kier molecular flexibility index (Phi) is 4.26. The van der Waals surface area contributed by atoms with Crippen LogP contribution in [0.2, 0.25) is 0 Å². The highest BCUT2D eigenvalue weighted by Crippen LogP contribution is 2.16. The number of ether oxygens (including phenoxy) is 1. The first kappa shape index (κ1) is 14.1. The molecule has 2 rings (SSSR count). The van der Waals surface area contributed by atoms with Gasteiger partial charge in [0.25, 0.3) is 0 Å². The molecule has 0 aliphatic carbocycles. The van der Waals surface area contributed by atoms with Gasteiger partial charge >= 0.3 is 6.03 Å². The predicted octanol–water partition coefficient (Wildman–Crippen LogP) is -1.21. The molecule has 2 aliphatic rings. The highest BCUT2D eigenvalue weighted by Gasteiger charge is 2.35. The summed E-state index contributed by atoms with van der Waals surface area (Å²) in [6.07, 6.45) is 0. The summed E-state index contributed by atoms with van der Waals surface area (Å²) >= 11 is 0. The van der Waals surface area contributed by atoms with Crippen LogP contribution >= 0.6 is 0 Å². The van der Waals surface area contributed by atoms with Crippen LogP contribution in [0.15, 0.2) is 0 Å². The minimum absolute atomic E-state index is 0.00648. The Labute approximate surface area is 113 Å². The fourth-order valence-corrected chi connectivity index (χ4v) is 2.46. The number of carbonyl (C=O) groups is 2. The molecule has 0 radical (unpaired) electrons. The molecule has 2 atom stereocenters. The second-order valence-corrected chi connectivity index (χ2v) is 5.30. The quantitative estimate of drug-likeness (QED) is 0.648. The lowest BCUT2D eigenvalue weighted by Gasteiger charge is -2.37. The zero-order valence-corrected chi connectivity index (χ0v) is 11.5. The molecule has 0 aromatic heterocycles. The molecule has 7 heteroatoms. The first-order valence-corrected chi connectivity index (χ1v) is 6.59. The van der Waals surface area contributed by atoms with E-state index in [9.17, 15) is 9.59 Å². The SMILES string of the molecule is CN(C)C(=O)N1CCN(C(=O)C2COCC2N)CC1. The lowest BCUT2D eigenvalue weighted by molar-refractivity contribution is -0.137. The molecule has 2 aliphatic heterocycles. The summed E-state index contributed by atoms with van der Waals surface area (Å²) < 4.78 is 5.23. The van der Waals surface area contributed by atoms with Gasteiger partial charge in [0.15, 0.2) is 0 Å². The molecular weight excluding hydrogens is 248 g/mol. The van der Waals surface area contributed by atoms with Crippen molar-refractivity contribution in [3.63, 3.8) is 0 Å². The van der Waals surface area contributed by atoms with Crippen molar-refractivity contribution < 1.29 is 14.3 Å². The van der Waals surface area contributed by atoms with Gasteiger partial charge in [0.2, 0.25) is 5.91 Å². The smallest absolute Gasteiger partial charge is 0.319 e. The molecular formula is C12H22N4O3. The summed E-state index contributed by atoms with van der Waals surface area (Å²) in [6.45, 7) is 3.16. The third-order valence-corrected chi connectivity index (χ3v) is 3.69. The van der Waals surface area contributed by atoms with E-state index in [0.29, 0.717) is 39.4 Å². The van der Waals surface area contributed by atoms with Crippen molar-refractivity contribution >= 4 is 11.9 Å². The summed E-state index contributed by atoms with van der Waals surface area (Å²) in [5, 5.41) is 0. The van der Waals surface area contributed by atoms with E-state index in [4.69, 9.17) is 10.5 Å². The summed E-state index contributed by atoms with van der Waals surface area (Å²) in [5.74, 6) is -0.168. The van der Waals surface area contributed by atoms with Gasteiger partial charge in [0.1, 0.15) is 0 Å². The Bertz CT molecular complexity index is 353. The maximum absolute atomic E-state index is 12.3. The fraction of sp³-hybridized carbons (Fsp3) is 0.833. The number of nitrogens with zero attached hydrogens (tertiary/aromatic N) is 3. The maximum Gasteiger partial charge on any atom is 0.319 e. The number of nitrogens with two attached hydrogens (primary N) is 1. The topological polar surface area (TPSA) is 79.1 Å². The lowest BCUT2D eigenvalue weighted by atomic mass is 10.0. The molecule has 0 aromatic rings. The van der Waals surface area contributed by atoms with Crippen molar-refractivity contribution in [2.24, 2.45) is 11.7 Å². The largest absolute Gasteiger partial charge is 0.379 e. The van der Waals surface area contributed by atoms with Crippen LogP contribution in [0.3, 0.4) is 0 Å². The van der Waals surface area contributed by atoms with Crippen molar-refractivity contribution in [2.75, 3.05) is 53.5 Å². The summed E-state index contributed by atoms with van der Waals surface area (Å²) in [6, 6.07) is -0.207. The molecule has 2 unspecified atom stereocenters. The van der Waals surface area contributed by atoms with Gasteiger partial charge in [-0.1, -0.05) is 0 Å². The predicted molar refractivity (Wildman–Crippen MR) is 69.5 cm³/mol. The van der Waals surface area contributed by atoms with Gasteiger partial charge in [0.05, 0.1) is 19.1 Å². The van der Waals surface area contributed by atoms with E-state index >= 15 is 0 Å². The van der Waals surface area contributed by atoms with E-state index in [0.717, 1.165) is 0 Å². The third-order valence-electron chi connectivity index (χ3n) is 3.69. The molecule has 2 heterocycles. The summed E-state index contributed by atoms with van der Waals surface area (Å²) in [7, 11) is 3.46. The van der Waals surface area contributed by atoms with E-state index < -0.39 is 0 Å². The fourth-order valence-electron chi connectivity index (χ4n) is 2.46. The Morgan fingerprint density at radius 2 is 1.68 bits per heavy atom. The van der Waals surface area contributed by atoms with Crippen molar-refractivity contribution in [3.8, 4) is 0 Å². The van der Waals surface area contributed by atoms with Crippen molar-refractivity contribution in [1.29, 1.82) is 0 Å². The van der Waals surface area contributed by atoms with Gasteiger partial charge in [-0.05, 0) is 0 Å². The first-order chi connectivity index (χ1) is 9.00. The Hall–Kier alpha value is -1.34. The minimum Gasteiger partial charge on any atom is -0.379 e. The third kappa shape index (κ3) is 2.98. The second-order valence-electron chi connectivity index (χ2n) is 5.30. The molecule has 0 bridgehead atoms. The second kappa shape index (κ2) is 5.75. The Morgan fingerprint density at radius 1 is 1.11 bits per heavy atom. The number of amides is 3. The lowest BCUT2D eigenvalue weighted by Crippen LogP contribution is -2.55. The molecule has 0 aromatic carbocycles. The van der Waals surface area contributed by atoms with E-state index in [2.05, 4.69) is 0 Å². The van der Waals surface area contributed by atoms with E-state index in [1.54, 1.807) is 28.8 Å². The van der Waals surface area contributed by atoms with Gasteiger partial charge in [-0.15, -0.1) is 0 Å². The average molecular weight is 270 g/mol. The van der Waals surface area contributed by atoms with Crippen molar-refractivity contribution in [3.05, 3.63) is 0 Å². The number of carbonyl (C=O) groups excluding carboxylic acids is 2. The van der Waals surface area contributed by atoms with Gasteiger partial charge in [-0.2, -0.15) is 0 Å². The molecule has 0 saturated carbocycles. The van der Waals surface area contributed by atoms with E-state index in [-0.39, 0.29) is 23.9 Å². The Balaban J connectivity index is 1.86. The number of rotatable bonds is 1. The standard InChI is InChI=1S/C12H22N4O3/c1-14(2)12(18)16-5-3-15(4-6-16)11(17)9-7-19-8-10(9)13/h9-10H,3-8,13H2,1-2H3. The molecule has 2 N–H and O–H groups in total. The molecule has 3 amide bonds. The molecule has 19 heavy (non-hydrogen) atoms. The molecule has 0 spiro atoms. The van der Waals surface area contributed by atoms with E-state index in [1.165, 1.54) is 0 Å². The van der Waals surface area contributed by atoms with Crippen molar-refractivity contribution in [2.45, 2.75) is 6.04 Å². The number of hydrogen-bond donors (Lipinski definition) is 1. The molecule has 108 valence electrons. The average Bonchev–Trinajstić information content (AvgIpc) is 2.83. The number of piperazine rings is 1. The summed E-state index contributed by atoms with van der Waals surface area (Å²) in [5.41, 5.74) is 5.86. The van der Waals surface area contributed by atoms with Gasteiger partial charge in [-0.25, -0.2) is 4.79 Å².